The minimum absolute atomic E-state index is 0.552. The van der Waals surface area contributed by atoms with Crippen LogP contribution >= 0.6 is 0 Å². The number of para-hydroxylation sites is 4. The number of hydrogen-bond donors (Lipinski definition) is 0. The molecule has 0 saturated carbocycles. The Balaban J connectivity index is 1.04. The molecule has 3 heterocycles. The fourth-order valence-corrected chi connectivity index (χ4v) is 8.76. The first kappa shape index (κ1) is 32.4. The Hall–Kier alpha value is -7.89. The van der Waals surface area contributed by atoms with E-state index in [1.165, 1.54) is 37.9 Å². The average molecular weight is 741 g/mol. The van der Waals surface area contributed by atoms with Crippen LogP contribution < -0.4 is 0 Å². The summed E-state index contributed by atoms with van der Waals surface area (Å²) in [6.07, 6.45) is 0. The van der Waals surface area contributed by atoms with Crippen molar-refractivity contribution in [3.63, 3.8) is 0 Å². The molecule has 0 aliphatic carbocycles. The highest BCUT2D eigenvalue weighted by Crippen LogP contribution is 2.38. The Morgan fingerprint density at radius 3 is 1.74 bits per heavy atom. The molecule has 0 aliphatic heterocycles. The number of fused-ring (bicyclic) bond motifs is 9. The van der Waals surface area contributed by atoms with Crippen LogP contribution in [0.4, 0.5) is 0 Å². The summed E-state index contributed by atoms with van der Waals surface area (Å²) in [6, 6.07) is 68.1. The maximum Gasteiger partial charge on any atom is 0.167 e. The Kier molecular flexibility index (Phi) is 7.16. The van der Waals surface area contributed by atoms with Crippen LogP contribution in [0.25, 0.3) is 116 Å². The largest absolute Gasteiger partial charge is 0.455 e. The van der Waals surface area contributed by atoms with Crippen LogP contribution in [0.5, 0.6) is 0 Å². The van der Waals surface area contributed by atoms with E-state index in [0.717, 1.165) is 60.9 Å². The molecular formula is C53H32N4O. The Bertz CT molecular complexity index is 3530. The van der Waals surface area contributed by atoms with Gasteiger partial charge in [-0.25, -0.2) is 15.0 Å². The van der Waals surface area contributed by atoms with Gasteiger partial charge >= 0.3 is 0 Å². The van der Waals surface area contributed by atoms with E-state index in [1.807, 2.05) is 30.3 Å². The third-order valence-corrected chi connectivity index (χ3v) is 11.4. The molecular weight excluding hydrogens is 709 g/mol. The van der Waals surface area contributed by atoms with Crippen molar-refractivity contribution in [1.82, 2.24) is 19.5 Å². The molecule has 0 bridgehead atoms. The molecule has 0 fully saturated rings. The van der Waals surface area contributed by atoms with E-state index in [9.17, 15) is 0 Å². The van der Waals surface area contributed by atoms with Crippen LogP contribution in [-0.4, -0.2) is 19.5 Å². The second kappa shape index (κ2) is 12.8. The van der Waals surface area contributed by atoms with E-state index in [1.54, 1.807) is 0 Å². The lowest BCUT2D eigenvalue weighted by Gasteiger charge is -2.12. The van der Waals surface area contributed by atoms with E-state index in [2.05, 4.69) is 168 Å². The number of furan rings is 1. The number of aromatic nitrogens is 4. The van der Waals surface area contributed by atoms with Crippen LogP contribution in [0.15, 0.2) is 199 Å². The number of hydrogen-bond acceptors (Lipinski definition) is 4. The molecule has 0 saturated heterocycles. The van der Waals surface area contributed by atoms with Crippen molar-refractivity contribution in [3.05, 3.63) is 194 Å². The van der Waals surface area contributed by atoms with Crippen molar-refractivity contribution in [1.29, 1.82) is 0 Å². The molecule has 5 heteroatoms. The summed E-state index contributed by atoms with van der Waals surface area (Å²) >= 11 is 0. The Morgan fingerprint density at radius 1 is 0.362 bits per heavy atom. The van der Waals surface area contributed by atoms with E-state index >= 15 is 0 Å². The molecule has 12 aromatic rings. The maximum atomic E-state index is 6.51. The topological polar surface area (TPSA) is 56.7 Å². The summed E-state index contributed by atoms with van der Waals surface area (Å²) < 4.78 is 8.83. The van der Waals surface area contributed by atoms with Crippen molar-refractivity contribution < 1.29 is 4.42 Å². The van der Waals surface area contributed by atoms with Crippen LogP contribution in [-0.2, 0) is 0 Å². The number of benzene rings is 9. The lowest BCUT2D eigenvalue weighted by molar-refractivity contribution is 0.669. The van der Waals surface area contributed by atoms with Gasteiger partial charge in [-0.2, -0.15) is 0 Å². The van der Waals surface area contributed by atoms with Crippen molar-refractivity contribution >= 4 is 65.3 Å². The van der Waals surface area contributed by atoms with Gasteiger partial charge in [-0.1, -0.05) is 158 Å². The molecule has 0 unspecified atom stereocenters. The zero-order chi connectivity index (χ0) is 38.2. The van der Waals surface area contributed by atoms with Gasteiger partial charge in [0.25, 0.3) is 0 Å². The molecule has 0 N–H and O–H groups in total. The molecule has 5 nitrogen and oxygen atoms in total. The number of rotatable bonds is 5. The van der Waals surface area contributed by atoms with Crippen molar-refractivity contribution in [3.8, 4) is 51.0 Å². The van der Waals surface area contributed by atoms with Crippen molar-refractivity contribution in [2.45, 2.75) is 0 Å². The van der Waals surface area contributed by atoms with Gasteiger partial charge in [-0.15, -0.1) is 0 Å². The van der Waals surface area contributed by atoms with Crippen LogP contribution in [0.3, 0.4) is 0 Å². The zero-order valence-electron chi connectivity index (χ0n) is 31.2. The van der Waals surface area contributed by atoms with Crippen LogP contribution in [0, 0.1) is 0 Å². The molecule has 3 aromatic heterocycles. The highest BCUT2D eigenvalue weighted by Gasteiger charge is 2.19. The van der Waals surface area contributed by atoms with Crippen molar-refractivity contribution in [2.75, 3.05) is 0 Å². The predicted octanol–water partition coefficient (Wildman–Crippen LogP) is 13.8. The molecule has 0 aliphatic rings. The third-order valence-electron chi connectivity index (χ3n) is 11.4. The SMILES string of the molecule is c1cc(-c2nc(-c3ccc(-c4cccc5ccc6ccccc6c45)cc3)nc(-c3cccc4c3oc3ccccc34)n2)cc(-n2c3ccccc3c3ccccc32)c1. The van der Waals surface area contributed by atoms with Gasteiger partial charge in [-0.3, -0.25) is 0 Å². The van der Waals surface area contributed by atoms with Gasteiger partial charge in [0.2, 0.25) is 0 Å². The highest BCUT2D eigenvalue weighted by molar-refractivity contribution is 6.14. The van der Waals surface area contributed by atoms with E-state index in [4.69, 9.17) is 19.4 Å². The Labute approximate surface area is 333 Å². The second-order valence-corrected chi connectivity index (χ2v) is 14.8. The van der Waals surface area contributed by atoms with Crippen molar-refractivity contribution in [2.24, 2.45) is 0 Å². The first-order valence-electron chi connectivity index (χ1n) is 19.5. The normalized spacial score (nSPS) is 11.8. The fraction of sp³-hybridized carbons (Fsp3) is 0. The summed E-state index contributed by atoms with van der Waals surface area (Å²) in [7, 11) is 0. The molecule has 9 aromatic carbocycles. The third kappa shape index (κ3) is 5.07. The van der Waals surface area contributed by atoms with Gasteiger partial charge in [0.05, 0.1) is 16.6 Å². The van der Waals surface area contributed by atoms with E-state index in [-0.39, 0.29) is 0 Å². The van der Waals surface area contributed by atoms with Gasteiger partial charge in [-0.05, 0) is 69.1 Å². The van der Waals surface area contributed by atoms with E-state index in [0.29, 0.717) is 17.5 Å². The minimum atomic E-state index is 0.552. The summed E-state index contributed by atoms with van der Waals surface area (Å²) in [5, 5.41) is 9.46. The minimum Gasteiger partial charge on any atom is -0.455 e. The lowest BCUT2D eigenvalue weighted by Crippen LogP contribution is -2.01. The molecule has 0 radical (unpaired) electrons. The molecule has 270 valence electrons. The predicted molar refractivity (Wildman–Crippen MR) is 238 cm³/mol. The first-order chi connectivity index (χ1) is 28.7. The van der Waals surface area contributed by atoms with Crippen LogP contribution in [0.1, 0.15) is 0 Å². The molecule has 58 heavy (non-hydrogen) atoms. The average Bonchev–Trinajstić information content (AvgIpc) is 3.85. The van der Waals surface area contributed by atoms with Crippen LogP contribution in [0.2, 0.25) is 0 Å². The molecule has 0 amide bonds. The second-order valence-electron chi connectivity index (χ2n) is 14.8. The van der Waals surface area contributed by atoms with Gasteiger partial charge in [0.15, 0.2) is 17.5 Å². The number of nitrogens with zero attached hydrogens (tertiary/aromatic N) is 4. The molecule has 0 spiro atoms. The standard InChI is InChI=1S/C53H32N4O/c1-2-16-39-33(12-1)26-29-35-13-10-20-40(49(35)39)34-27-30-36(31-28-34)51-54-52(56-53(55-51)45-22-11-21-44-43-19-5-8-25-48(43)58-50(44)45)37-14-9-15-38(32-37)57-46-23-6-3-17-41(46)42-18-4-7-24-47(42)57/h1-32H. The summed E-state index contributed by atoms with van der Waals surface area (Å²) in [5.41, 5.74) is 9.83. The smallest absolute Gasteiger partial charge is 0.167 e. The summed E-state index contributed by atoms with van der Waals surface area (Å²) in [6.45, 7) is 0. The molecule has 0 atom stereocenters. The highest BCUT2D eigenvalue weighted by atomic mass is 16.3. The van der Waals surface area contributed by atoms with Gasteiger partial charge in [0.1, 0.15) is 11.2 Å². The fourth-order valence-electron chi connectivity index (χ4n) is 8.76. The van der Waals surface area contributed by atoms with Gasteiger partial charge in [0, 0.05) is 38.4 Å². The molecule has 12 rings (SSSR count). The zero-order valence-corrected chi connectivity index (χ0v) is 31.2. The summed E-state index contributed by atoms with van der Waals surface area (Å²) in [5.74, 6) is 1.72. The Morgan fingerprint density at radius 2 is 0.931 bits per heavy atom. The van der Waals surface area contributed by atoms with Gasteiger partial charge < -0.3 is 8.98 Å². The maximum absolute atomic E-state index is 6.51. The monoisotopic (exact) mass is 740 g/mol. The quantitative estimate of drug-likeness (QED) is 0.165. The first-order valence-corrected chi connectivity index (χ1v) is 19.5. The van der Waals surface area contributed by atoms with E-state index < -0.39 is 0 Å². The lowest BCUT2D eigenvalue weighted by atomic mass is 9.93. The summed E-state index contributed by atoms with van der Waals surface area (Å²) in [4.78, 5) is 15.6.